The van der Waals surface area contributed by atoms with Crippen LogP contribution in [-0.4, -0.2) is 11.4 Å². The molecule has 0 aromatic carbocycles. The van der Waals surface area contributed by atoms with E-state index < -0.39 is 5.54 Å². The summed E-state index contributed by atoms with van der Waals surface area (Å²) in [7, 11) is 0. The van der Waals surface area contributed by atoms with Crippen molar-refractivity contribution in [3.8, 4) is 6.07 Å². The number of rotatable bonds is 2. The van der Waals surface area contributed by atoms with Crippen LogP contribution < -0.4 is 5.32 Å². The molecule has 0 spiro atoms. The van der Waals surface area contributed by atoms with Gasteiger partial charge in [-0.3, -0.25) is 4.79 Å². The van der Waals surface area contributed by atoms with E-state index in [1.165, 1.54) is 32.1 Å². The van der Waals surface area contributed by atoms with E-state index >= 15 is 0 Å². The normalized spacial score (nSPS) is 36.5. The van der Waals surface area contributed by atoms with Crippen molar-refractivity contribution < 1.29 is 4.79 Å². The molecule has 1 N–H and O–H groups in total. The number of carbonyl (C=O) groups is 1. The number of hydrogen-bond donors (Lipinski definition) is 1. The zero-order chi connectivity index (χ0) is 13.3. The molecule has 0 radical (unpaired) electrons. The van der Waals surface area contributed by atoms with Crippen LogP contribution >= 0.6 is 0 Å². The molecular weight excluding hydrogens is 236 g/mol. The second-order valence-corrected chi connectivity index (χ2v) is 6.88. The summed E-state index contributed by atoms with van der Waals surface area (Å²) in [6.07, 6.45) is 11.1. The summed E-state index contributed by atoms with van der Waals surface area (Å²) in [5.41, 5.74) is -0.560. The summed E-state index contributed by atoms with van der Waals surface area (Å²) in [4.78, 5) is 12.5. The molecule has 19 heavy (non-hydrogen) atoms. The Bertz CT molecular complexity index is 390. The van der Waals surface area contributed by atoms with E-state index in [-0.39, 0.29) is 11.8 Å². The standard InChI is InChI=1S/C16H24N2O/c17-11-16(7-3-1-2-4-8-16)18-15(19)14-10-12-5-6-13(14)9-12/h12-14H,1-10H2,(H,18,19). The van der Waals surface area contributed by atoms with Crippen LogP contribution in [0.15, 0.2) is 0 Å². The molecule has 3 unspecified atom stereocenters. The number of carbonyl (C=O) groups excluding carboxylic acids is 1. The maximum absolute atomic E-state index is 12.5. The van der Waals surface area contributed by atoms with Crippen molar-refractivity contribution in [1.82, 2.24) is 5.32 Å². The number of nitrogens with one attached hydrogen (secondary N) is 1. The predicted octanol–water partition coefficient (Wildman–Crippen LogP) is 3.16. The number of amides is 1. The Morgan fingerprint density at radius 2 is 1.84 bits per heavy atom. The van der Waals surface area contributed by atoms with Gasteiger partial charge in [-0.1, -0.05) is 32.1 Å². The zero-order valence-corrected chi connectivity index (χ0v) is 11.7. The third-order valence-electron chi connectivity index (χ3n) is 5.61. The zero-order valence-electron chi connectivity index (χ0n) is 11.7. The van der Waals surface area contributed by atoms with E-state index in [1.807, 2.05) is 0 Å². The third kappa shape index (κ3) is 2.50. The maximum atomic E-state index is 12.5. The Kier molecular flexibility index (Phi) is 3.52. The highest BCUT2D eigenvalue weighted by Crippen LogP contribution is 2.48. The van der Waals surface area contributed by atoms with Crippen LogP contribution in [0.2, 0.25) is 0 Å². The highest BCUT2D eigenvalue weighted by molar-refractivity contribution is 5.80. The van der Waals surface area contributed by atoms with Gasteiger partial charge in [0.25, 0.3) is 0 Å². The fourth-order valence-electron chi connectivity index (χ4n) is 4.49. The molecule has 3 fully saturated rings. The smallest absolute Gasteiger partial charge is 0.224 e. The predicted molar refractivity (Wildman–Crippen MR) is 73.1 cm³/mol. The Morgan fingerprint density at radius 3 is 2.37 bits per heavy atom. The summed E-state index contributed by atoms with van der Waals surface area (Å²) in [5, 5.41) is 12.7. The van der Waals surface area contributed by atoms with Crippen molar-refractivity contribution in [2.45, 2.75) is 69.7 Å². The second kappa shape index (κ2) is 5.15. The molecule has 0 heterocycles. The Balaban J connectivity index is 1.65. The van der Waals surface area contributed by atoms with Crippen LogP contribution in [0.5, 0.6) is 0 Å². The number of nitrogens with zero attached hydrogens (tertiary/aromatic N) is 1. The first kappa shape index (κ1) is 13.0. The van der Waals surface area contributed by atoms with Crippen molar-refractivity contribution in [3.05, 3.63) is 0 Å². The monoisotopic (exact) mass is 260 g/mol. The molecule has 3 nitrogen and oxygen atoms in total. The lowest BCUT2D eigenvalue weighted by Crippen LogP contribution is -2.50. The van der Waals surface area contributed by atoms with Gasteiger partial charge < -0.3 is 5.32 Å². The lowest BCUT2D eigenvalue weighted by atomic mass is 9.85. The van der Waals surface area contributed by atoms with Gasteiger partial charge in [0.2, 0.25) is 5.91 Å². The molecule has 3 rings (SSSR count). The minimum absolute atomic E-state index is 0.177. The fourth-order valence-corrected chi connectivity index (χ4v) is 4.49. The summed E-state index contributed by atoms with van der Waals surface area (Å²) >= 11 is 0. The lowest BCUT2D eigenvalue weighted by Gasteiger charge is -2.30. The Labute approximate surface area is 115 Å². The van der Waals surface area contributed by atoms with Crippen molar-refractivity contribution in [1.29, 1.82) is 5.26 Å². The third-order valence-corrected chi connectivity index (χ3v) is 5.61. The van der Waals surface area contributed by atoms with Gasteiger partial charge >= 0.3 is 0 Å². The molecule has 0 aromatic rings. The molecule has 3 aliphatic carbocycles. The second-order valence-electron chi connectivity index (χ2n) is 6.88. The van der Waals surface area contributed by atoms with Crippen LogP contribution in [0.25, 0.3) is 0 Å². The number of hydrogen-bond acceptors (Lipinski definition) is 2. The molecule has 2 bridgehead atoms. The molecule has 1 amide bonds. The molecule has 3 aliphatic rings. The first-order valence-corrected chi connectivity index (χ1v) is 7.96. The van der Waals surface area contributed by atoms with Crippen LogP contribution in [0.1, 0.15) is 64.2 Å². The summed E-state index contributed by atoms with van der Waals surface area (Å²) in [6, 6.07) is 2.42. The SMILES string of the molecule is N#CC1(NC(=O)C2CC3CCC2C3)CCCCCC1. The van der Waals surface area contributed by atoms with Gasteiger partial charge in [-0.15, -0.1) is 0 Å². The van der Waals surface area contributed by atoms with Crippen LogP contribution in [-0.2, 0) is 4.79 Å². The molecule has 0 saturated heterocycles. The average molecular weight is 260 g/mol. The summed E-state index contributed by atoms with van der Waals surface area (Å²) < 4.78 is 0. The maximum Gasteiger partial charge on any atom is 0.224 e. The lowest BCUT2D eigenvalue weighted by molar-refractivity contribution is -0.128. The Morgan fingerprint density at radius 1 is 1.11 bits per heavy atom. The van der Waals surface area contributed by atoms with Crippen LogP contribution in [0, 0.1) is 29.1 Å². The van der Waals surface area contributed by atoms with E-state index in [0.717, 1.165) is 38.0 Å². The summed E-state index contributed by atoms with van der Waals surface area (Å²) in [5.74, 6) is 1.77. The van der Waals surface area contributed by atoms with Crippen LogP contribution in [0.3, 0.4) is 0 Å². The first-order valence-electron chi connectivity index (χ1n) is 7.96. The minimum atomic E-state index is -0.560. The van der Waals surface area contributed by atoms with Gasteiger partial charge in [-0.2, -0.15) is 5.26 Å². The van der Waals surface area contributed by atoms with Gasteiger partial charge in [0.05, 0.1) is 6.07 Å². The number of fused-ring (bicyclic) bond motifs is 2. The molecule has 104 valence electrons. The highest BCUT2D eigenvalue weighted by Gasteiger charge is 2.45. The van der Waals surface area contributed by atoms with Crippen molar-refractivity contribution in [3.63, 3.8) is 0 Å². The largest absolute Gasteiger partial charge is 0.338 e. The van der Waals surface area contributed by atoms with Gasteiger partial charge in [-0.25, -0.2) is 0 Å². The first-order chi connectivity index (χ1) is 9.22. The van der Waals surface area contributed by atoms with Crippen molar-refractivity contribution >= 4 is 5.91 Å². The Hall–Kier alpha value is -1.04. The van der Waals surface area contributed by atoms with Gasteiger partial charge in [0, 0.05) is 5.92 Å². The van der Waals surface area contributed by atoms with Gasteiger partial charge in [-0.05, 0) is 43.9 Å². The van der Waals surface area contributed by atoms with E-state index in [1.54, 1.807) is 0 Å². The van der Waals surface area contributed by atoms with Crippen molar-refractivity contribution in [2.75, 3.05) is 0 Å². The molecule has 3 saturated carbocycles. The fraction of sp³-hybridized carbons (Fsp3) is 0.875. The average Bonchev–Trinajstić information content (AvgIpc) is 2.97. The van der Waals surface area contributed by atoms with Gasteiger partial charge in [0.1, 0.15) is 5.54 Å². The quantitative estimate of drug-likeness (QED) is 0.775. The van der Waals surface area contributed by atoms with E-state index in [2.05, 4.69) is 11.4 Å². The molecule has 0 aromatic heterocycles. The summed E-state index contributed by atoms with van der Waals surface area (Å²) in [6.45, 7) is 0. The van der Waals surface area contributed by atoms with E-state index in [4.69, 9.17) is 0 Å². The molecule has 3 heteroatoms. The molecular formula is C16H24N2O. The van der Waals surface area contributed by atoms with Gasteiger partial charge in [0.15, 0.2) is 0 Å². The van der Waals surface area contributed by atoms with Crippen molar-refractivity contribution in [2.24, 2.45) is 17.8 Å². The molecule has 0 aliphatic heterocycles. The highest BCUT2D eigenvalue weighted by atomic mass is 16.2. The number of nitriles is 1. The topological polar surface area (TPSA) is 52.9 Å². The molecule has 3 atom stereocenters. The minimum Gasteiger partial charge on any atom is -0.338 e. The van der Waals surface area contributed by atoms with Crippen LogP contribution in [0.4, 0.5) is 0 Å². The van der Waals surface area contributed by atoms with E-state index in [9.17, 15) is 10.1 Å². The van der Waals surface area contributed by atoms with E-state index in [0.29, 0.717) is 5.92 Å².